The molecule has 0 aliphatic rings. The van der Waals surface area contributed by atoms with Crippen LogP contribution >= 0.6 is 0 Å². The van der Waals surface area contributed by atoms with Crippen molar-refractivity contribution in [1.82, 2.24) is 30.0 Å². The molecule has 0 radical (unpaired) electrons. The zero-order chi connectivity index (χ0) is 32.1. The fourth-order valence-corrected chi connectivity index (χ4v) is 5.87. The molecule has 2 heterocycles. The van der Waals surface area contributed by atoms with Gasteiger partial charge in [-0.25, -0.2) is 4.98 Å². The highest BCUT2D eigenvalue weighted by atomic mass is 15.1. The maximum Gasteiger partial charge on any atom is 0.141 e. The molecule has 5 aromatic rings. The van der Waals surface area contributed by atoms with Crippen molar-refractivity contribution >= 4 is 11.0 Å². The van der Waals surface area contributed by atoms with E-state index in [0.717, 1.165) is 62.7 Å². The molecular weight excluding hydrogens is 564 g/mol. The van der Waals surface area contributed by atoms with E-state index >= 15 is 0 Å². The third-order valence-electron chi connectivity index (χ3n) is 8.52. The summed E-state index contributed by atoms with van der Waals surface area (Å²) in [6.45, 7) is 6.94. The molecule has 46 heavy (non-hydrogen) atoms. The SMILES string of the molecule is CN(C)CCCCNCc1ccc(-c2cc(-c3ccc(CNCCCCN(C)C)cc3)c3ccn(Cc4ccccc4)c3n2)cc1. The first-order valence-corrected chi connectivity index (χ1v) is 16.9. The molecule has 2 aromatic heterocycles. The highest BCUT2D eigenvalue weighted by molar-refractivity contribution is 5.95. The first-order valence-electron chi connectivity index (χ1n) is 16.9. The van der Waals surface area contributed by atoms with Crippen LogP contribution < -0.4 is 10.6 Å². The molecule has 0 unspecified atom stereocenters. The number of hydrogen-bond acceptors (Lipinski definition) is 5. The lowest BCUT2D eigenvalue weighted by Gasteiger charge is -2.12. The van der Waals surface area contributed by atoms with Crippen molar-refractivity contribution in [3.8, 4) is 22.4 Å². The standard InChI is InChI=1S/C40H52N6/c1-44(2)25-10-8-23-41-29-32-14-18-35(19-15-32)38-28-39(36-20-16-33(17-21-36)30-42-24-9-11-26-45(3)4)43-40-37(38)22-27-46(40)31-34-12-6-5-7-13-34/h5-7,12-22,27-28,41-42H,8-11,23-26,29-31H2,1-4H3. The Kier molecular flexibility index (Phi) is 12.5. The van der Waals surface area contributed by atoms with Crippen molar-refractivity contribution in [3.63, 3.8) is 0 Å². The van der Waals surface area contributed by atoms with Gasteiger partial charge in [0.15, 0.2) is 0 Å². The Labute approximate surface area is 276 Å². The van der Waals surface area contributed by atoms with Crippen molar-refractivity contribution < 1.29 is 0 Å². The third kappa shape index (κ3) is 9.84. The zero-order valence-corrected chi connectivity index (χ0v) is 28.3. The number of fused-ring (bicyclic) bond motifs is 1. The van der Waals surface area contributed by atoms with E-state index in [2.05, 4.69) is 150 Å². The molecule has 6 heteroatoms. The Morgan fingerprint density at radius 2 is 1.17 bits per heavy atom. The van der Waals surface area contributed by atoms with Gasteiger partial charge in [0, 0.05) is 36.8 Å². The van der Waals surface area contributed by atoms with Crippen LogP contribution in [0, 0.1) is 0 Å². The maximum absolute atomic E-state index is 5.25. The summed E-state index contributed by atoms with van der Waals surface area (Å²) >= 11 is 0. The zero-order valence-electron chi connectivity index (χ0n) is 28.3. The van der Waals surface area contributed by atoms with Crippen molar-refractivity contribution in [2.45, 2.75) is 45.3 Å². The van der Waals surface area contributed by atoms with E-state index in [4.69, 9.17) is 4.98 Å². The summed E-state index contributed by atoms with van der Waals surface area (Å²) in [6.07, 6.45) is 7.01. The van der Waals surface area contributed by atoms with Gasteiger partial charge in [-0.3, -0.25) is 0 Å². The second kappa shape index (κ2) is 17.2. The van der Waals surface area contributed by atoms with Crippen LogP contribution in [0.4, 0.5) is 0 Å². The number of unbranched alkanes of at least 4 members (excludes halogenated alkanes) is 2. The summed E-state index contributed by atoms with van der Waals surface area (Å²) in [6, 6.07) is 33.1. The monoisotopic (exact) mass is 616 g/mol. The predicted octanol–water partition coefficient (Wildman–Crippen LogP) is 7.28. The minimum Gasteiger partial charge on any atom is -0.328 e. The van der Waals surface area contributed by atoms with Crippen molar-refractivity contribution in [2.75, 3.05) is 54.4 Å². The molecule has 0 bridgehead atoms. The molecule has 0 fully saturated rings. The van der Waals surface area contributed by atoms with Crippen molar-refractivity contribution in [3.05, 3.63) is 114 Å². The quantitative estimate of drug-likeness (QED) is 0.101. The number of nitrogens with one attached hydrogen (secondary N) is 2. The molecule has 0 saturated carbocycles. The van der Waals surface area contributed by atoms with Crippen molar-refractivity contribution in [2.24, 2.45) is 0 Å². The lowest BCUT2D eigenvalue weighted by Crippen LogP contribution is -2.18. The summed E-state index contributed by atoms with van der Waals surface area (Å²) < 4.78 is 2.28. The number of benzene rings is 3. The fourth-order valence-electron chi connectivity index (χ4n) is 5.87. The van der Waals surface area contributed by atoms with Gasteiger partial charge in [-0.2, -0.15) is 0 Å². The Balaban J connectivity index is 1.34. The molecule has 0 spiro atoms. The molecule has 0 amide bonds. The van der Waals surface area contributed by atoms with Gasteiger partial charge in [-0.1, -0.05) is 78.9 Å². The van der Waals surface area contributed by atoms with E-state index < -0.39 is 0 Å². The molecule has 0 aliphatic carbocycles. The highest BCUT2D eigenvalue weighted by Gasteiger charge is 2.14. The van der Waals surface area contributed by atoms with Crippen LogP contribution in [-0.2, 0) is 19.6 Å². The van der Waals surface area contributed by atoms with Gasteiger partial charge < -0.3 is 25.0 Å². The van der Waals surface area contributed by atoms with E-state index in [9.17, 15) is 0 Å². The van der Waals surface area contributed by atoms with Gasteiger partial charge in [-0.15, -0.1) is 0 Å². The van der Waals surface area contributed by atoms with Crippen LogP contribution in [0.3, 0.4) is 0 Å². The fraction of sp³-hybridized carbons (Fsp3) is 0.375. The van der Waals surface area contributed by atoms with Gasteiger partial charge in [0.2, 0.25) is 0 Å². The minimum atomic E-state index is 0.790. The Morgan fingerprint density at radius 1 is 0.609 bits per heavy atom. The Hall–Kier alpha value is -3.81. The van der Waals surface area contributed by atoms with E-state index in [-0.39, 0.29) is 0 Å². The molecule has 6 nitrogen and oxygen atoms in total. The maximum atomic E-state index is 5.25. The molecule has 0 saturated heterocycles. The van der Waals surface area contributed by atoms with Gasteiger partial charge in [0.1, 0.15) is 5.65 Å². The normalized spacial score (nSPS) is 11.7. The summed E-state index contributed by atoms with van der Waals surface area (Å²) in [5, 5.41) is 8.40. The van der Waals surface area contributed by atoms with E-state index in [0.29, 0.717) is 0 Å². The molecule has 5 rings (SSSR count). The van der Waals surface area contributed by atoms with E-state index in [1.165, 1.54) is 58.9 Å². The Morgan fingerprint density at radius 3 is 1.74 bits per heavy atom. The van der Waals surface area contributed by atoms with Crippen LogP contribution in [-0.4, -0.2) is 73.7 Å². The number of rotatable bonds is 18. The van der Waals surface area contributed by atoms with Crippen molar-refractivity contribution in [1.29, 1.82) is 0 Å². The number of nitrogens with zero attached hydrogens (tertiary/aromatic N) is 4. The largest absolute Gasteiger partial charge is 0.328 e. The summed E-state index contributed by atoms with van der Waals surface area (Å²) in [5.41, 5.74) is 9.48. The van der Waals surface area contributed by atoms with E-state index in [1.807, 2.05) is 0 Å². The molecular formula is C40H52N6. The third-order valence-corrected chi connectivity index (χ3v) is 8.52. The number of aromatic nitrogens is 2. The summed E-state index contributed by atoms with van der Waals surface area (Å²) in [4.78, 5) is 9.75. The van der Waals surface area contributed by atoms with E-state index in [1.54, 1.807) is 0 Å². The van der Waals surface area contributed by atoms with Crippen LogP contribution in [0.25, 0.3) is 33.4 Å². The average molecular weight is 617 g/mol. The topological polar surface area (TPSA) is 48.4 Å². The predicted molar refractivity (Wildman–Crippen MR) is 195 cm³/mol. The second-order valence-corrected chi connectivity index (χ2v) is 13.0. The van der Waals surface area contributed by atoms with Gasteiger partial charge in [0.05, 0.1) is 5.69 Å². The molecule has 0 aliphatic heterocycles. The summed E-state index contributed by atoms with van der Waals surface area (Å²) in [5.74, 6) is 0. The van der Waals surface area contributed by atoms with Crippen LogP contribution in [0.2, 0.25) is 0 Å². The first kappa shape index (κ1) is 33.6. The van der Waals surface area contributed by atoms with Crippen LogP contribution in [0.1, 0.15) is 42.4 Å². The average Bonchev–Trinajstić information content (AvgIpc) is 3.47. The van der Waals surface area contributed by atoms with Gasteiger partial charge in [-0.05, 0) is 120 Å². The van der Waals surface area contributed by atoms with Crippen LogP contribution in [0.15, 0.2) is 97.2 Å². The molecule has 0 atom stereocenters. The number of pyridine rings is 1. The first-order chi connectivity index (χ1) is 22.5. The molecule has 242 valence electrons. The molecule has 3 aromatic carbocycles. The molecule has 2 N–H and O–H groups in total. The summed E-state index contributed by atoms with van der Waals surface area (Å²) in [7, 11) is 8.54. The second-order valence-electron chi connectivity index (χ2n) is 13.0. The smallest absolute Gasteiger partial charge is 0.141 e. The lowest BCUT2D eigenvalue weighted by molar-refractivity contribution is 0.391. The highest BCUT2D eigenvalue weighted by Crippen LogP contribution is 2.33. The number of hydrogen-bond donors (Lipinski definition) is 2. The lowest BCUT2D eigenvalue weighted by atomic mass is 9.99. The van der Waals surface area contributed by atoms with Crippen LogP contribution in [0.5, 0.6) is 0 Å². The minimum absolute atomic E-state index is 0.790. The Bertz CT molecular complexity index is 1600. The van der Waals surface area contributed by atoms with Gasteiger partial charge >= 0.3 is 0 Å². The van der Waals surface area contributed by atoms with Gasteiger partial charge in [0.25, 0.3) is 0 Å².